The fourth-order valence-electron chi connectivity index (χ4n) is 1.40. The van der Waals surface area contributed by atoms with Crippen LogP contribution in [0.2, 0.25) is 0 Å². The first-order valence-corrected chi connectivity index (χ1v) is 4.95. The monoisotopic (exact) mass is 230 g/mol. The minimum absolute atomic E-state index is 0.0794. The first-order valence-electron chi connectivity index (χ1n) is 4.95. The van der Waals surface area contributed by atoms with E-state index in [4.69, 9.17) is 0 Å². The molecule has 6 heteroatoms. The molecular formula is C11H10N4O2. The number of nitrogens with one attached hydrogen (secondary N) is 1. The van der Waals surface area contributed by atoms with E-state index >= 15 is 0 Å². The molecule has 17 heavy (non-hydrogen) atoms. The molecule has 0 saturated carbocycles. The van der Waals surface area contributed by atoms with E-state index in [9.17, 15) is 10.1 Å². The Balaban J connectivity index is 2.26. The standard InChI is InChI=1S/C11H10N4O2/c1-8-6-9(15(16)17)2-3-10(8)14-11-4-5-12-7-13-11/h2-7H,1H3,(H,12,13,14). The fourth-order valence-corrected chi connectivity index (χ4v) is 1.40. The lowest BCUT2D eigenvalue weighted by Gasteiger charge is -2.07. The van der Waals surface area contributed by atoms with Gasteiger partial charge in [-0.2, -0.15) is 0 Å². The number of aromatic nitrogens is 2. The molecule has 0 unspecified atom stereocenters. The van der Waals surface area contributed by atoms with Crippen LogP contribution in [0.3, 0.4) is 0 Å². The molecule has 1 aromatic heterocycles. The molecule has 0 aliphatic carbocycles. The third-order valence-electron chi connectivity index (χ3n) is 2.27. The molecular weight excluding hydrogens is 220 g/mol. The summed E-state index contributed by atoms with van der Waals surface area (Å²) in [7, 11) is 0. The summed E-state index contributed by atoms with van der Waals surface area (Å²) < 4.78 is 0. The predicted molar refractivity (Wildman–Crippen MR) is 63.1 cm³/mol. The second kappa shape index (κ2) is 4.56. The highest BCUT2D eigenvalue weighted by Gasteiger charge is 2.08. The molecule has 2 aromatic rings. The van der Waals surface area contributed by atoms with Crippen LogP contribution in [0.15, 0.2) is 36.8 Å². The highest BCUT2D eigenvalue weighted by atomic mass is 16.6. The predicted octanol–water partition coefficient (Wildman–Crippen LogP) is 2.44. The van der Waals surface area contributed by atoms with Crippen molar-refractivity contribution in [2.24, 2.45) is 0 Å². The van der Waals surface area contributed by atoms with Gasteiger partial charge in [0.1, 0.15) is 12.1 Å². The number of hydrogen-bond acceptors (Lipinski definition) is 5. The molecule has 1 heterocycles. The van der Waals surface area contributed by atoms with Gasteiger partial charge in [-0.05, 0) is 24.6 Å². The summed E-state index contributed by atoms with van der Waals surface area (Å²) in [5, 5.41) is 13.7. The molecule has 0 aliphatic rings. The summed E-state index contributed by atoms with van der Waals surface area (Å²) in [6.45, 7) is 1.80. The van der Waals surface area contributed by atoms with Crippen molar-refractivity contribution in [1.29, 1.82) is 0 Å². The molecule has 1 aromatic carbocycles. The van der Waals surface area contributed by atoms with Crippen molar-refractivity contribution in [1.82, 2.24) is 9.97 Å². The molecule has 1 N–H and O–H groups in total. The lowest BCUT2D eigenvalue weighted by Crippen LogP contribution is -1.97. The summed E-state index contributed by atoms with van der Waals surface area (Å²) in [4.78, 5) is 18.0. The lowest BCUT2D eigenvalue weighted by atomic mass is 10.2. The van der Waals surface area contributed by atoms with E-state index in [0.29, 0.717) is 5.82 Å². The van der Waals surface area contributed by atoms with Gasteiger partial charge in [0, 0.05) is 24.0 Å². The van der Waals surface area contributed by atoms with Crippen LogP contribution < -0.4 is 5.32 Å². The van der Waals surface area contributed by atoms with Crippen molar-refractivity contribution >= 4 is 17.2 Å². The number of benzene rings is 1. The Morgan fingerprint density at radius 3 is 2.76 bits per heavy atom. The van der Waals surface area contributed by atoms with E-state index in [-0.39, 0.29) is 5.69 Å². The maximum Gasteiger partial charge on any atom is 0.269 e. The first kappa shape index (κ1) is 11.0. The SMILES string of the molecule is Cc1cc([N+](=O)[O-])ccc1Nc1ccncn1. The van der Waals surface area contributed by atoms with Crippen LogP contribution in [-0.2, 0) is 0 Å². The smallest absolute Gasteiger partial charge is 0.269 e. The van der Waals surface area contributed by atoms with Crippen molar-refractivity contribution in [3.05, 3.63) is 52.5 Å². The minimum atomic E-state index is -0.415. The number of non-ortho nitro benzene ring substituents is 1. The Hall–Kier alpha value is -2.50. The molecule has 0 fully saturated rings. The van der Waals surface area contributed by atoms with E-state index in [0.717, 1.165) is 11.3 Å². The van der Waals surface area contributed by atoms with Gasteiger partial charge in [-0.3, -0.25) is 10.1 Å². The van der Waals surface area contributed by atoms with Crippen LogP contribution in [0.5, 0.6) is 0 Å². The number of nitrogens with zero attached hydrogens (tertiary/aromatic N) is 3. The molecule has 0 amide bonds. The van der Waals surface area contributed by atoms with Crippen LogP contribution in [0.1, 0.15) is 5.56 Å². The number of rotatable bonds is 3. The van der Waals surface area contributed by atoms with Crippen molar-refractivity contribution in [2.75, 3.05) is 5.32 Å². The van der Waals surface area contributed by atoms with Crippen molar-refractivity contribution in [3.63, 3.8) is 0 Å². The number of nitro benzene ring substituents is 1. The van der Waals surface area contributed by atoms with Gasteiger partial charge in [0.05, 0.1) is 4.92 Å². The summed E-state index contributed by atoms with van der Waals surface area (Å²) in [6.07, 6.45) is 3.05. The zero-order valence-electron chi connectivity index (χ0n) is 9.12. The van der Waals surface area contributed by atoms with Crippen LogP contribution in [0.25, 0.3) is 0 Å². The number of hydrogen-bond donors (Lipinski definition) is 1. The largest absolute Gasteiger partial charge is 0.340 e. The highest BCUT2D eigenvalue weighted by molar-refractivity contribution is 5.62. The first-order chi connectivity index (χ1) is 8.16. The Morgan fingerprint density at radius 1 is 1.35 bits per heavy atom. The quantitative estimate of drug-likeness (QED) is 0.646. The molecule has 0 spiro atoms. The number of anilines is 2. The van der Waals surface area contributed by atoms with Gasteiger partial charge >= 0.3 is 0 Å². The van der Waals surface area contributed by atoms with Gasteiger partial charge in [0.15, 0.2) is 0 Å². The second-order valence-corrected chi connectivity index (χ2v) is 3.48. The molecule has 2 rings (SSSR count). The third kappa shape index (κ3) is 2.54. The van der Waals surface area contributed by atoms with Crippen LogP contribution in [-0.4, -0.2) is 14.9 Å². The maximum atomic E-state index is 10.6. The summed E-state index contributed by atoms with van der Waals surface area (Å²) >= 11 is 0. The molecule has 0 bridgehead atoms. The summed E-state index contributed by atoms with van der Waals surface area (Å²) in [5.74, 6) is 0.650. The fraction of sp³-hybridized carbons (Fsp3) is 0.0909. The lowest BCUT2D eigenvalue weighted by molar-refractivity contribution is -0.384. The molecule has 86 valence electrons. The van der Waals surface area contributed by atoms with E-state index in [2.05, 4.69) is 15.3 Å². The topological polar surface area (TPSA) is 81.0 Å². The average Bonchev–Trinajstić information content (AvgIpc) is 2.33. The zero-order valence-corrected chi connectivity index (χ0v) is 9.12. The van der Waals surface area contributed by atoms with Crippen molar-refractivity contribution in [3.8, 4) is 0 Å². The molecule has 0 radical (unpaired) electrons. The van der Waals surface area contributed by atoms with Crippen molar-refractivity contribution < 1.29 is 4.92 Å². The van der Waals surface area contributed by atoms with Crippen LogP contribution >= 0.6 is 0 Å². The molecule has 0 saturated heterocycles. The summed E-state index contributed by atoms with van der Waals surface area (Å²) in [6, 6.07) is 6.36. The molecule has 6 nitrogen and oxygen atoms in total. The van der Waals surface area contributed by atoms with Gasteiger partial charge in [0.2, 0.25) is 0 Å². The van der Waals surface area contributed by atoms with E-state index in [1.54, 1.807) is 25.3 Å². The minimum Gasteiger partial charge on any atom is -0.340 e. The molecule has 0 atom stereocenters. The van der Waals surface area contributed by atoms with E-state index in [1.165, 1.54) is 18.5 Å². The number of nitro groups is 1. The molecule has 0 aliphatic heterocycles. The van der Waals surface area contributed by atoms with Gasteiger partial charge in [0.25, 0.3) is 5.69 Å². The average molecular weight is 230 g/mol. The van der Waals surface area contributed by atoms with Crippen LogP contribution in [0, 0.1) is 17.0 Å². The Bertz CT molecular complexity index is 542. The van der Waals surface area contributed by atoms with Gasteiger partial charge in [-0.25, -0.2) is 9.97 Å². The second-order valence-electron chi connectivity index (χ2n) is 3.48. The third-order valence-corrected chi connectivity index (χ3v) is 2.27. The Labute approximate surface area is 97.5 Å². The van der Waals surface area contributed by atoms with E-state index in [1.807, 2.05) is 0 Å². The van der Waals surface area contributed by atoms with E-state index < -0.39 is 4.92 Å². The van der Waals surface area contributed by atoms with Crippen LogP contribution in [0.4, 0.5) is 17.2 Å². The number of aryl methyl sites for hydroxylation is 1. The highest BCUT2D eigenvalue weighted by Crippen LogP contribution is 2.23. The Morgan fingerprint density at radius 2 is 2.18 bits per heavy atom. The van der Waals surface area contributed by atoms with Gasteiger partial charge < -0.3 is 5.32 Å². The Kier molecular flexibility index (Phi) is 2.95. The zero-order chi connectivity index (χ0) is 12.3. The summed E-state index contributed by atoms with van der Waals surface area (Å²) in [5.41, 5.74) is 1.66. The van der Waals surface area contributed by atoms with Crippen molar-refractivity contribution in [2.45, 2.75) is 6.92 Å². The maximum absolute atomic E-state index is 10.6. The van der Waals surface area contributed by atoms with Gasteiger partial charge in [-0.15, -0.1) is 0 Å². The van der Waals surface area contributed by atoms with Gasteiger partial charge in [-0.1, -0.05) is 0 Å². The normalized spacial score (nSPS) is 9.94.